The van der Waals surface area contributed by atoms with Gasteiger partial charge >= 0.3 is 0 Å². The molecule has 0 atom stereocenters. The molecule has 0 amide bonds. The summed E-state index contributed by atoms with van der Waals surface area (Å²) < 4.78 is 5.39. The van der Waals surface area contributed by atoms with Crippen molar-refractivity contribution in [1.82, 2.24) is 25.1 Å². The molecule has 1 N–H and O–H groups in total. The van der Waals surface area contributed by atoms with Gasteiger partial charge in [-0.1, -0.05) is 12.1 Å². The van der Waals surface area contributed by atoms with Gasteiger partial charge in [0, 0.05) is 24.0 Å². The van der Waals surface area contributed by atoms with Crippen molar-refractivity contribution in [2.45, 2.75) is 6.92 Å². The van der Waals surface area contributed by atoms with Crippen LogP contribution in [0.3, 0.4) is 0 Å². The molecular weight excluding hydrogens is 280 g/mol. The zero-order chi connectivity index (χ0) is 14.9. The van der Waals surface area contributed by atoms with Crippen LogP contribution in [0.15, 0.2) is 24.4 Å². The first-order valence-corrected chi connectivity index (χ1v) is 7.29. The summed E-state index contributed by atoms with van der Waals surface area (Å²) in [6, 6.07) is 5.97. The normalized spacial score (nSPS) is 15.4. The first-order valence-electron chi connectivity index (χ1n) is 7.29. The van der Waals surface area contributed by atoms with Crippen LogP contribution in [-0.4, -0.2) is 51.5 Å². The second-order valence-electron chi connectivity index (χ2n) is 5.24. The van der Waals surface area contributed by atoms with Crippen molar-refractivity contribution in [2.75, 3.05) is 31.2 Å². The number of fused-ring (bicyclic) bond motifs is 1. The minimum Gasteiger partial charge on any atom is -0.378 e. The Bertz CT molecular complexity index is 809. The van der Waals surface area contributed by atoms with Crippen LogP contribution in [0.4, 0.5) is 5.95 Å². The number of ether oxygens (including phenoxy) is 1. The lowest BCUT2D eigenvalue weighted by Gasteiger charge is -2.27. The molecule has 0 radical (unpaired) electrons. The van der Waals surface area contributed by atoms with E-state index in [9.17, 15) is 0 Å². The average Bonchev–Trinajstić information content (AvgIpc) is 3.03. The average molecular weight is 296 g/mol. The van der Waals surface area contributed by atoms with E-state index in [-0.39, 0.29) is 0 Å². The molecule has 0 spiro atoms. The van der Waals surface area contributed by atoms with Crippen LogP contribution >= 0.6 is 0 Å². The highest BCUT2D eigenvalue weighted by atomic mass is 16.5. The van der Waals surface area contributed by atoms with Crippen LogP contribution in [0.5, 0.6) is 0 Å². The summed E-state index contributed by atoms with van der Waals surface area (Å²) in [5, 5.41) is 8.09. The van der Waals surface area contributed by atoms with E-state index in [1.54, 1.807) is 6.20 Å². The summed E-state index contributed by atoms with van der Waals surface area (Å²) in [6.45, 7) is 4.91. The van der Waals surface area contributed by atoms with Crippen LogP contribution in [-0.2, 0) is 4.74 Å². The Morgan fingerprint density at radius 3 is 2.86 bits per heavy atom. The summed E-state index contributed by atoms with van der Waals surface area (Å²) in [5.41, 5.74) is 1.94. The topological polar surface area (TPSA) is 79.8 Å². The van der Waals surface area contributed by atoms with Gasteiger partial charge in [0.2, 0.25) is 5.95 Å². The molecule has 0 saturated carbocycles. The molecule has 1 aromatic carbocycles. The number of nitrogens with one attached hydrogen (secondary N) is 1. The minimum absolute atomic E-state index is 0.681. The van der Waals surface area contributed by atoms with Crippen LogP contribution in [0, 0.1) is 6.92 Å². The SMILES string of the molecule is Cc1nc(-c2cccc3[nH]ncc23)nc(N2CCOCC2)n1. The van der Waals surface area contributed by atoms with E-state index in [0.29, 0.717) is 30.8 Å². The number of hydrogen-bond acceptors (Lipinski definition) is 6. The molecule has 0 bridgehead atoms. The van der Waals surface area contributed by atoms with E-state index in [4.69, 9.17) is 4.74 Å². The lowest BCUT2D eigenvalue weighted by molar-refractivity contribution is 0.122. The highest BCUT2D eigenvalue weighted by Gasteiger charge is 2.17. The van der Waals surface area contributed by atoms with Gasteiger partial charge in [0.25, 0.3) is 0 Å². The van der Waals surface area contributed by atoms with Crippen LogP contribution in [0.2, 0.25) is 0 Å². The summed E-state index contributed by atoms with van der Waals surface area (Å²) in [4.78, 5) is 15.8. The fraction of sp³-hybridized carbons (Fsp3) is 0.333. The van der Waals surface area contributed by atoms with Crippen LogP contribution in [0.25, 0.3) is 22.3 Å². The molecule has 0 aliphatic carbocycles. The zero-order valence-corrected chi connectivity index (χ0v) is 12.3. The fourth-order valence-electron chi connectivity index (χ4n) is 2.66. The molecule has 1 fully saturated rings. The summed E-state index contributed by atoms with van der Waals surface area (Å²) in [5.74, 6) is 2.11. The minimum atomic E-state index is 0.681. The monoisotopic (exact) mass is 296 g/mol. The van der Waals surface area contributed by atoms with E-state index >= 15 is 0 Å². The van der Waals surface area contributed by atoms with E-state index in [1.165, 1.54) is 0 Å². The van der Waals surface area contributed by atoms with Gasteiger partial charge in [0.15, 0.2) is 5.82 Å². The first kappa shape index (κ1) is 13.1. The molecule has 3 aromatic rings. The maximum Gasteiger partial charge on any atom is 0.229 e. The third kappa shape index (κ3) is 2.29. The third-order valence-corrected chi connectivity index (χ3v) is 3.76. The van der Waals surface area contributed by atoms with Gasteiger partial charge in [-0.25, -0.2) is 4.98 Å². The van der Waals surface area contributed by atoms with Gasteiger partial charge < -0.3 is 9.64 Å². The largest absolute Gasteiger partial charge is 0.378 e. The molecule has 7 heteroatoms. The molecule has 7 nitrogen and oxygen atoms in total. The number of morpholine rings is 1. The number of anilines is 1. The number of benzene rings is 1. The Kier molecular flexibility index (Phi) is 3.19. The van der Waals surface area contributed by atoms with Gasteiger partial charge in [-0.05, 0) is 13.0 Å². The van der Waals surface area contributed by atoms with Gasteiger partial charge in [-0.3, -0.25) is 5.10 Å². The van der Waals surface area contributed by atoms with E-state index in [2.05, 4.69) is 30.0 Å². The first-order chi connectivity index (χ1) is 10.8. The van der Waals surface area contributed by atoms with Crippen LogP contribution < -0.4 is 4.90 Å². The quantitative estimate of drug-likeness (QED) is 0.773. The van der Waals surface area contributed by atoms with Crippen molar-refractivity contribution in [3.8, 4) is 11.4 Å². The predicted molar refractivity (Wildman–Crippen MR) is 82.7 cm³/mol. The molecule has 112 valence electrons. The van der Waals surface area contributed by atoms with Gasteiger partial charge in [0.05, 0.1) is 24.9 Å². The second kappa shape index (κ2) is 5.34. The number of rotatable bonds is 2. The molecular formula is C15H16N6O. The Hall–Kier alpha value is -2.54. The van der Waals surface area contributed by atoms with Crippen molar-refractivity contribution >= 4 is 16.9 Å². The van der Waals surface area contributed by atoms with E-state index in [0.717, 1.165) is 29.6 Å². The van der Waals surface area contributed by atoms with Gasteiger partial charge in [-0.2, -0.15) is 15.1 Å². The Morgan fingerprint density at radius 2 is 2.00 bits per heavy atom. The summed E-state index contributed by atoms with van der Waals surface area (Å²) in [6.07, 6.45) is 1.80. The van der Waals surface area contributed by atoms with Crippen molar-refractivity contribution < 1.29 is 4.74 Å². The molecule has 1 aliphatic rings. The Labute approximate surface area is 127 Å². The lowest BCUT2D eigenvalue weighted by Crippen LogP contribution is -2.37. The number of nitrogens with zero attached hydrogens (tertiary/aromatic N) is 5. The second-order valence-corrected chi connectivity index (χ2v) is 5.24. The third-order valence-electron chi connectivity index (χ3n) is 3.76. The fourth-order valence-corrected chi connectivity index (χ4v) is 2.66. The maximum absolute atomic E-state index is 5.39. The molecule has 3 heterocycles. The van der Waals surface area contributed by atoms with E-state index in [1.807, 2.05) is 25.1 Å². The molecule has 1 saturated heterocycles. The molecule has 4 rings (SSSR count). The van der Waals surface area contributed by atoms with Crippen molar-refractivity contribution in [3.05, 3.63) is 30.2 Å². The Morgan fingerprint density at radius 1 is 1.14 bits per heavy atom. The molecule has 0 unspecified atom stereocenters. The zero-order valence-electron chi connectivity index (χ0n) is 12.3. The molecule has 2 aromatic heterocycles. The summed E-state index contributed by atoms with van der Waals surface area (Å²) in [7, 11) is 0. The lowest BCUT2D eigenvalue weighted by atomic mass is 10.1. The van der Waals surface area contributed by atoms with Gasteiger partial charge in [0.1, 0.15) is 5.82 Å². The highest BCUT2D eigenvalue weighted by Crippen LogP contribution is 2.26. The Balaban J connectivity index is 1.81. The maximum atomic E-state index is 5.39. The number of aromatic amines is 1. The number of aryl methyl sites for hydroxylation is 1. The number of hydrogen-bond donors (Lipinski definition) is 1. The molecule has 22 heavy (non-hydrogen) atoms. The molecule has 1 aliphatic heterocycles. The number of H-pyrrole nitrogens is 1. The van der Waals surface area contributed by atoms with Crippen molar-refractivity contribution in [3.63, 3.8) is 0 Å². The van der Waals surface area contributed by atoms with Gasteiger partial charge in [-0.15, -0.1) is 0 Å². The summed E-state index contributed by atoms with van der Waals surface area (Å²) >= 11 is 0. The smallest absolute Gasteiger partial charge is 0.229 e. The highest BCUT2D eigenvalue weighted by molar-refractivity contribution is 5.92. The van der Waals surface area contributed by atoms with Crippen molar-refractivity contribution in [2.24, 2.45) is 0 Å². The predicted octanol–water partition coefficient (Wildman–Crippen LogP) is 1.56. The van der Waals surface area contributed by atoms with Crippen LogP contribution in [0.1, 0.15) is 5.82 Å². The number of aromatic nitrogens is 5. The van der Waals surface area contributed by atoms with Crippen molar-refractivity contribution in [1.29, 1.82) is 0 Å². The van der Waals surface area contributed by atoms with E-state index < -0.39 is 0 Å². The standard InChI is InChI=1S/C15H16N6O/c1-10-17-14(11-3-2-4-13-12(11)9-16-20-13)19-15(18-10)21-5-7-22-8-6-21/h2-4,9H,5-8H2,1H3,(H,16,20).